The standard InChI is InChI=1S/C24H28O7P/c1-15-13-18(30-4)20(19(14-15)31-5)22(25)24(11-6-7-12-24)32(27)23(26)21-16(28-2)9-8-10-17(21)29-3/h8-10,13-14H,6-7,11-12H2,1-5H3/q+1. The van der Waals surface area contributed by atoms with E-state index in [2.05, 4.69) is 0 Å². The number of benzene rings is 2. The minimum atomic E-state index is -2.66. The molecule has 170 valence electrons. The Morgan fingerprint density at radius 2 is 1.28 bits per heavy atom. The van der Waals surface area contributed by atoms with E-state index >= 15 is 0 Å². The van der Waals surface area contributed by atoms with Crippen LogP contribution in [0.4, 0.5) is 0 Å². The van der Waals surface area contributed by atoms with Crippen LogP contribution < -0.4 is 18.9 Å². The first-order valence-electron chi connectivity index (χ1n) is 10.3. The van der Waals surface area contributed by atoms with E-state index in [0.717, 1.165) is 5.56 Å². The number of carbonyl (C=O) groups excluding carboxylic acids is 2. The lowest BCUT2D eigenvalue weighted by molar-refractivity contribution is 0.0924. The fourth-order valence-corrected chi connectivity index (χ4v) is 6.17. The zero-order valence-electron chi connectivity index (χ0n) is 19.0. The monoisotopic (exact) mass is 459 g/mol. The molecular weight excluding hydrogens is 431 g/mol. The van der Waals surface area contributed by atoms with Gasteiger partial charge in [0, 0.05) is 12.8 Å². The van der Waals surface area contributed by atoms with E-state index in [-0.39, 0.29) is 22.6 Å². The number of ketones is 1. The van der Waals surface area contributed by atoms with Crippen molar-refractivity contribution in [3.05, 3.63) is 47.0 Å². The van der Waals surface area contributed by atoms with Gasteiger partial charge in [0.2, 0.25) is 10.9 Å². The Morgan fingerprint density at radius 3 is 1.72 bits per heavy atom. The summed E-state index contributed by atoms with van der Waals surface area (Å²) in [5.41, 5.74) is 0.496. The van der Waals surface area contributed by atoms with Crippen molar-refractivity contribution < 1.29 is 33.1 Å². The molecule has 0 saturated heterocycles. The normalized spacial score (nSPS) is 15.1. The molecule has 1 saturated carbocycles. The van der Waals surface area contributed by atoms with Crippen molar-refractivity contribution in [1.82, 2.24) is 0 Å². The highest BCUT2D eigenvalue weighted by atomic mass is 31.1. The molecule has 1 aliphatic rings. The van der Waals surface area contributed by atoms with Gasteiger partial charge in [0.25, 0.3) is 0 Å². The highest BCUT2D eigenvalue weighted by Crippen LogP contribution is 2.56. The fraction of sp³-hybridized carbons (Fsp3) is 0.417. The van der Waals surface area contributed by atoms with Gasteiger partial charge in [-0.3, -0.25) is 4.79 Å². The third-order valence-corrected chi connectivity index (χ3v) is 7.97. The maximum atomic E-state index is 14.0. The van der Waals surface area contributed by atoms with Crippen LogP contribution in [0.2, 0.25) is 0 Å². The summed E-state index contributed by atoms with van der Waals surface area (Å²) >= 11 is 0. The number of hydrogen-bond acceptors (Lipinski definition) is 7. The van der Waals surface area contributed by atoms with Gasteiger partial charge in [0.15, 0.2) is 5.56 Å². The van der Waals surface area contributed by atoms with E-state index in [1.165, 1.54) is 28.4 Å². The van der Waals surface area contributed by atoms with Crippen molar-refractivity contribution in [1.29, 1.82) is 0 Å². The molecule has 7 nitrogen and oxygen atoms in total. The van der Waals surface area contributed by atoms with Gasteiger partial charge in [-0.15, -0.1) is 0 Å². The number of methoxy groups -OCH3 is 4. The number of rotatable bonds is 9. The summed E-state index contributed by atoms with van der Waals surface area (Å²) < 4.78 is 35.5. The van der Waals surface area contributed by atoms with Crippen LogP contribution in [0.3, 0.4) is 0 Å². The van der Waals surface area contributed by atoms with Crippen molar-refractivity contribution in [3.8, 4) is 23.0 Å². The molecule has 1 atom stereocenters. The summed E-state index contributed by atoms with van der Waals surface area (Å²) in [5.74, 6) is 0.785. The Labute approximate surface area is 188 Å². The first kappa shape index (κ1) is 23.7. The second kappa shape index (κ2) is 9.70. The highest BCUT2D eigenvalue weighted by molar-refractivity contribution is 7.67. The summed E-state index contributed by atoms with van der Waals surface area (Å²) in [5, 5.41) is -1.35. The summed E-state index contributed by atoms with van der Waals surface area (Å²) in [6.45, 7) is 1.86. The predicted molar refractivity (Wildman–Crippen MR) is 121 cm³/mol. The van der Waals surface area contributed by atoms with Crippen LogP contribution in [0.15, 0.2) is 30.3 Å². The van der Waals surface area contributed by atoms with Crippen LogP contribution in [0.1, 0.15) is 52.0 Å². The highest BCUT2D eigenvalue weighted by Gasteiger charge is 2.62. The Kier molecular flexibility index (Phi) is 7.19. The predicted octanol–water partition coefficient (Wildman–Crippen LogP) is 5.19. The minimum absolute atomic E-state index is 0.0838. The molecule has 1 aliphatic carbocycles. The Balaban J connectivity index is 2.14. The van der Waals surface area contributed by atoms with E-state index in [9.17, 15) is 14.2 Å². The topological polar surface area (TPSA) is 88.1 Å². The molecule has 0 amide bonds. The molecule has 1 unspecified atom stereocenters. The number of aryl methyl sites for hydroxylation is 1. The second-order valence-corrected chi connectivity index (χ2v) is 9.60. The first-order valence-corrected chi connectivity index (χ1v) is 11.6. The fourth-order valence-electron chi connectivity index (χ4n) is 4.34. The Hall–Kier alpha value is -2.92. The molecule has 2 aromatic carbocycles. The molecule has 0 radical (unpaired) electrons. The van der Waals surface area contributed by atoms with Crippen molar-refractivity contribution in [2.24, 2.45) is 0 Å². The van der Waals surface area contributed by atoms with Crippen molar-refractivity contribution in [3.63, 3.8) is 0 Å². The smallest absolute Gasteiger partial charge is 0.434 e. The van der Waals surface area contributed by atoms with Crippen molar-refractivity contribution in [2.45, 2.75) is 37.8 Å². The number of Topliss-reactive ketones (excluding diaryl/α,β-unsaturated/α-hetero) is 1. The number of carbonyl (C=O) groups is 2. The molecule has 0 N–H and O–H groups in total. The second-order valence-electron chi connectivity index (χ2n) is 7.75. The van der Waals surface area contributed by atoms with Gasteiger partial charge in [-0.2, -0.15) is 0 Å². The van der Waals surface area contributed by atoms with Gasteiger partial charge in [-0.25, -0.2) is 4.79 Å². The lowest BCUT2D eigenvalue weighted by Gasteiger charge is -2.20. The third-order valence-electron chi connectivity index (χ3n) is 5.95. The summed E-state index contributed by atoms with van der Waals surface area (Å²) in [7, 11) is 3.13. The summed E-state index contributed by atoms with van der Waals surface area (Å²) in [6, 6.07) is 8.36. The van der Waals surface area contributed by atoms with Gasteiger partial charge in [-0.05, 0) is 49.6 Å². The van der Waals surface area contributed by atoms with Crippen LogP contribution in [0, 0.1) is 6.92 Å². The van der Waals surface area contributed by atoms with E-state index in [1.54, 1.807) is 30.3 Å². The molecule has 3 rings (SSSR count). The van der Waals surface area contributed by atoms with Gasteiger partial charge in [0.1, 0.15) is 28.6 Å². The van der Waals surface area contributed by atoms with Crippen LogP contribution in [0.25, 0.3) is 0 Å². The first-order chi connectivity index (χ1) is 15.3. The molecule has 1 fully saturated rings. The molecule has 0 aliphatic heterocycles. The van der Waals surface area contributed by atoms with Crippen LogP contribution in [0.5, 0.6) is 23.0 Å². The van der Waals surface area contributed by atoms with Gasteiger partial charge in [-0.1, -0.05) is 10.6 Å². The molecule has 2 aromatic rings. The average molecular weight is 459 g/mol. The van der Waals surface area contributed by atoms with E-state index in [1.807, 2.05) is 6.92 Å². The maximum Gasteiger partial charge on any atom is 0.434 e. The van der Waals surface area contributed by atoms with E-state index < -0.39 is 24.3 Å². The van der Waals surface area contributed by atoms with Gasteiger partial charge in [0.05, 0.1) is 28.4 Å². The summed E-state index contributed by atoms with van der Waals surface area (Å²) in [4.78, 5) is 27.5. The van der Waals surface area contributed by atoms with E-state index in [0.29, 0.717) is 37.2 Å². The van der Waals surface area contributed by atoms with Gasteiger partial charge < -0.3 is 18.9 Å². The number of ether oxygens (including phenoxy) is 4. The number of hydrogen-bond donors (Lipinski definition) is 0. The zero-order chi connectivity index (χ0) is 23.5. The molecule has 32 heavy (non-hydrogen) atoms. The molecule has 0 bridgehead atoms. The minimum Gasteiger partial charge on any atom is -0.496 e. The largest absolute Gasteiger partial charge is 0.496 e. The molecule has 0 aromatic heterocycles. The quantitative estimate of drug-likeness (QED) is 0.376. The molecule has 0 heterocycles. The third kappa shape index (κ3) is 3.97. The lowest BCUT2D eigenvalue weighted by atomic mass is 9.93. The van der Waals surface area contributed by atoms with Crippen LogP contribution in [-0.4, -0.2) is 44.9 Å². The maximum absolute atomic E-state index is 14.0. The summed E-state index contributed by atoms with van der Waals surface area (Å²) in [6.07, 6.45) is 2.06. The SMILES string of the molecule is COc1cccc(OC)c1C(=O)[P+](=O)C1(C(=O)c2c(OC)cc(C)cc2OC)CCCC1. The molecule has 0 spiro atoms. The Morgan fingerprint density at radius 1 is 0.812 bits per heavy atom. The average Bonchev–Trinajstić information content (AvgIpc) is 3.32. The van der Waals surface area contributed by atoms with Gasteiger partial charge >= 0.3 is 13.3 Å². The lowest BCUT2D eigenvalue weighted by Crippen LogP contribution is -2.34. The molecular formula is C24H28O7P+. The van der Waals surface area contributed by atoms with Crippen LogP contribution >= 0.6 is 7.80 Å². The van der Waals surface area contributed by atoms with E-state index in [4.69, 9.17) is 18.9 Å². The van der Waals surface area contributed by atoms with Crippen molar-refractivity contribution in [2.75, 3.05) is 28.4 Å². The Bertz CT molecular complexity index is 1010. The molecule has 8 heteroatoms. The van der Waals surface area contributed by atoms with Crippen molar-refractivity contribution >= 4 is 19.1 Å². The van der Waals surface area contributed by atoms with Crippen LogP contribution in [-0.2, 0) is 4.57 Å². The zero-order valence-corrected chi connectivity index (χ0v) is 19.9.